The lowest BCUT2D eigenvalue weighted by Gasteiger charge is -2.39. The van der Waals surface area contributed by atoms with E-state index in [4.69, 9.17) is 0 Å². The Morgan fingerprint density at radius 2 is 1.95 bits per heavy atom. The fourth-order valence-electron chi connectivity index (χ4n) is 2.75. The normalized spacial score (nSPS) is 20.9. The lowest BCUT2D eigenvalue weighted by atomic mass is 9.78. The lowest BCUT2D eigenvalue weighted by molar-refractivity contribution is 0.0609. The molecule has 4 heteroatoms. The Labute approximate surface area is 119 Å². The second-order valence-electron chi connectivity index (χ2n) is 6.12. The minimum atomic E-state index is -0.975. The summed E-state index contributed by atoms with van der Waals surface area (Å²) in [5.41, 5.74) is 0.430. The van der Waals surface area contributed by atoms with Crippen molar-refractivity contribution in [2.45, 2.75) is 39.2 Å². The summed E-state index contributed by atoms with van der Waals surface area (Å²) in [5.74, 6) is -1.84. The largest absolute Gasteiger partial charge is 0.387 e. The first-order valence-electron chi connectivity index (χ1n) is 7.29. The maximum atomic E-state index is 13.6. The van der Waals surface area contributed by atoms with Crippen LogP contribution >= 0.6 is 0 Å². The molecule has 0 aromatic heterocycles. The first kappa shape index (κ1) is 15.4. The van der Waals surface area contributed by atoms with Gasteiger partial charge in [0.2, 0.25) is 0 Å². The molecule has 1 atom stereocenters. The number of β-amino-alcohol motifs (C(OH)–C–C–N with tert-alkyl or cyclic N) is 1. The van der Waals surface area contributed by atoms with Crippen LogP contribution in [0.15, 0.2) is 18.2 Å². The molecule has 2 nitrogen and oxygen atoms in total. The molecule has 112 valence electrons. The highest BCUT2D eigenvalue weighted by Crippen LogP contribution is 2.34. The number of hydrogen-bond donors (Lipinski definition) is 1. The van der Waals surface area contributed by atoms with E-state index in [1.54, 1.807) is 0 Å². The third kappa shape index (κ3) is 3.36. The van der Waals surface area contributed by atoms with E-state index in [0.717, 1.165) is 38.4 Å². The summed E-state index contributed by atoms with van der Waals surface area (Å²) in [4.78, 5) is 2.13. The van der Waals surface area contributed by atoms with Crippen molar-refractivity contribution in [1.82, 2.24) is 4.90 Å². The van der Waals surface area contributed by atoms with Gasteiger partial charge in [-0.25, -0.2) is 8.78 Å². The van der Waals surface area contributed by atoms with Crippen LogP contribution in [0.2, 0.25) is 0 Å². The van der Waals surface area contributed by atoms with Gasteiger partial charge in [-0.3, -0.25) is 0 Å². The highest BCUT2D eigenvalue weighted by atomic mass is 19.2. The number of nitrogens with zero attached hydrogens (tertiary/aromatic N) is 1. The van der Waals surface area contributed by atoms with Crippen LogP contribution in [0.25, 0.3) is 0 Å². The Bertz CT molecular complexity index is 456. The molecule has 1 fully saturated rings. The van der Waals surface area contributed by atoms with Gasteiger partial charge in [0.25, 0.3) is 0 Å². The van der Waals surface area contributed by atoms with E-state index in [-0.39, 0.29) is 5.56 Å². The summed E-state index contributed by atoms with van der Waals surface area (Å²) in [5, 5.41) is 10.1. The first-order chi connectivity index (χ1) is 9.45. The number of rotatable bonds is 4. The maximum absolute atomic E-state index is 13.6. The molecular formula is C16H23F2NO. The highest BCUT2D eigenvalue weighted by Gasteiger charge is 2.29. The number of halogens is 2. The Morgan fingerprint density at radius 1 is 1.30 bits per heavy atom. The van der Waals surface area contributed by atoms with Gasteiger partial charge in [-0.05, 0) is 37.4 Å². The van der Waals surface area contributed by atoms with Gasteiger partial charge in [0.1, 0.15) is 0 Å². The van der Waals surface area contributed by atoms with Crippen molar-refractivity contribution in [2.75, 3.05) is 19.6 Å². The molecule has 1 aliphatic rings. The van der Waals surface area contributed by atoms with Crippen LogP contribution in [-0.4, -0.2) is 29.6 Å². The van der Waals surface area contributed by atoms with Gasteiger partial charge in [-0.1, -0.05) is 32.4 Å². The molecule has 1 saturated heterocycles. The van der Waals surface area contributed by atoms with Gasteiger partial charge in [0.05, 0.1) is 6.10 Å². The molecule has 0 radical (unpaired) electrons. The highest BCUT2D eigenvalue weighted by molar-refractivity contribution is 5.21. The number of piperidine rings is 1. The monoisotopic (exact) mass is 283 g/mol. The third-order valence-corrected chi connectivity index (χ3v) is 4.69. The van der Waals surface area contributed by atoms with Crippen LogP contribution in [0.3, 0.4) is 0 Å². The summed E-state index contributed by atoms with van der Waals surface area (Å²) in [6.45, 7) is 6.65. The van der Waals surface area contributed by atoms with E-state index in [1.165, 1.54) is 12.1 Å². The van der Waals surface area contributed by atoms with E-state index in [2.05, 4.69) is 18.7 Å². The molecule has 2 rings (SSSR count). The number of aliphatic hydroxyl groups is 1. The van der Waals surface area contributed by atoms with Gasteiger partial charge >= 0.3 is 0 Å². The second-order valence-corrected chi connectivity index (χ2v) is 6.12. The van der Waals surface area contributed by atoms with Crippen molar-refractivity contribution in [3.63, 3.8) is 0 Å². The summed E-state index contributed by atoms with van der Waals surface area (Å²) >= 11 is 0. The zero-order valence-corrected chi connectivity index (χ0v) is 12.2. The second kappa shape index (κ2) is 6.19. The molecular weight excluding hydrogens is 260 g/mol. The molecule has 0 amide bonds. The SMILES string of the molecule is CCC1(C)CCN(CC(O)c2cccc(F)c2F)CC1. The molecule has 1 aliphatic heterocycles. The van der Waals surface area contributed by atoms with Crippen LogP contribution in [0.4, 0.5) is 8.78 Å². The van der Waals surface area contributed by atoms with Gasteiger partial charge in [0, 0.05) is 12.1 Å². The van der Waals surface area contributed by atoms with Crippen LogP contribution < -0.4 is 0 Å². The van der Waals surface area contributed by atoms with Crippen molar-refractivity contribution >= 4 is 0 Å². The Kier molecular flexibility index (Phi) is 4.76. The molecule has 1 aromatic carbocycles. The van der Waals surface area contributed by atoms with Crippen molar-refractivity contribution in [3.8, 4) is 0 Å². The van der Waals surface area contributed by atoms with Crippen molar-refractivity contribution in [1.29, 1.82) is 0 Å². The molecule has 1 unspecified atom stereocenters. The van der Waals surface area contributed by atoms with E-state index >= 15 is 0 Å². The molecule has 0 aliphatic carbocycles. The molecule has 0 bridgehead atoms. The smallest absolute Gasteiger partial charge is 0.164 e. The van der Waals surface area contributed by atoms with Gasteiger partial charge in [0.15, 0.2) is 11.6 Å². The van der Waals surface area contributed by atoms with Crippen LogP contribution in [-0.2, 0) is 0 Å². The molecule has 20 heavy (non-hydrogen) atoms. The van der Waals surface area contributed by atoms with Crippen LogP contribution in [0.5, 0.6) is 0 Å². The van der Waals surface area contributed by atoms with Crippen molar-refractivity contribution < 1.29 is 13.9 Å². The minimum Gasteiger partial charge on any atom is -0.387 e. The zero-order valence-electron chi connectivity index (χ0n) is 12.2. The average molecular weight is 283 g/mol. The number of aliphatic hydroxyl groups excluding tert-OH is 1. The molecule has 0 saturated carbocycles. The maximum Gasteiger partial charge on any atom is 0.164 e. The van der Waals surface area contributed by atoms with Gasteiger partial charge < -0.3 is 10.0 Å². The molecule has 0 spiro atoms. The van der Waals surface area contributed by atoms with Crippen molar-refractivity contribution in [2.24, 2.45) is 5.41 Å². The predicted molar refractivity (Wildman–Crippen MR) is 75.4 cm³/mol. The number of benzene rings is 1. The Hall–Kier alpha value is -1.00. The molecule has 1 N–H and O–H groups in total. The molecule has 1 aromatic rings. The molecule has 1 heterocycles. The van der Waals surface area contributed by atoms with Crippen molar-refractivity contribution in [3.05, 3.63) is 35.4 Å². The quantitative estimate of drug-likeness (QED) is 0.914. The summed E-state index contributed by atoms with van der Waals surface area (Å²) in [6, 6.07) is 3.95. The zero-order chi connectivity index (χ0) is 14.8. The van der Waals surface area contributed by atoms with E-state index < -0.39 is 17.7 Å². The van der Waals surface area contributed by atoms with Crippen LogP contribution in [0, 0.1) is 17.0 Å². The van der Waals surface area contributed by atoms with Gasteiger partial charge in [-0.15, -0.1) is 0 Å². The first-order valence-corrected chi connectivity index (χ1v) is 7.29. The van der Waals surface area contributed by atoms with E-state index in [9.17, 15) is 13.9 Å². The van der Waals surface area contributed by atoms with Gasteiger partial charge in [-0.2, -0.15) is 0 Å². The predicted octanol–water partition coefficient (Wildman–Crippen LogP) is 3.51. The number of likely N-dealkylation sites (tertiary alicyclic amines) is 1. The van der Waals surface area contributed by atoms with E-state index in [0.29, 0.717) is 12.0 Å². The third-order valence-electron chi connectivity index (χ3n) is 4.69. The summed E-state index contributed by atoms with van der Waals surface area (Å²) in [7, 11) is 0. The lowest BCUT2D eigenvalue weighted by Crippen LogP contribution is -2.40. The summed E-state index contributed by atoms with van der Waals surface area (Å²) < 4.78 is 26.8. The number of hydrogen-bond acceptors (Lipinski definition) is 2. The Morgan fingerprint density at radius 3 is 2.55 bits per heavy atom. The van der Waals surface area contributed by atoms with Crippen LogP contribution in [0.1, 0.15) is 44.8 Å². The standard InChI is InChI=1S/C16H23F2NO/c1-3-16(2)7-9-19(10-8-16)11-14(20)12-5-4-6-13(17)15(12)18/h4-6,14,20H,3,7-11H2,1-2H3. The topological polar surface area (TPSA) is 23.5 Å². The van der Waals surface area contributed by atoms with E-state index in [1.807, 2.05) is 0 Å². The fraction of sp³-hybridized carbons (Fsp3) is 0.625. The minimum absolute atomic E-state index is 0.0498. The average Bonchev–Trinajstić information content (AvgIpc) is 2.44. The fourth-order valence-corrected chi connectivity index (χ4v) is 2.75. The Balaban J connectivity index is 1.96. The summed E-state index contributed by atoms with van der Waals surface area (Å²) in [6.07, 6.45) is 2.35.